The highest BCUT2D eigenvalue weighted by molar-refractivity contribution is 5.35. The Bertz CT molecular complexity index is 425. The summed E-state index contributed by atoms with van der Waals surface area (Å²) in [4.78, 5) is 0. The van der Waals surface area contributed by atoms with Crippen molar-refractivity contribution in [2.45, 2.75) is 45.1 Å². The first-order valence-corrected chi connectivity index (χ1v) is 7.41. The summed E-state index contributed by atoms with van der Waals surface area (Å²) in [6.07, 6.45) is 8.69. The van der Waals surface area contributed by atoms with E-state index in [0.29, 0.717) is 6.04 Å². The molecule has 19 heavy (non-hydrogen) atoms. The van der Waals surface area contributed by atoms with Crippen LogP contribution >= 0.6 is 0 Å². The molecule has 1 aliphatic rings. The summed E-state index contributed by atoms with van der Waals surface area (Å²) in [7, 11) is 1.73. The molecule has 0 spiro atoms. The lowest BCUT2D eigenvalue weighted by Crippen LogP contribution is -2.24. The van der Waals surface area contributed by atoms with Gasteiger partial charge in [-0.3, -0.25) is 0 Å². The van der Waals surface area contributed by atoms with Gasteiger partial charge >= 0.3 is 0 Å². The van der Waals surface area contributed by atoms with Gasteiger partial charge in [0.15, 0.2) is 0 Å². The zero-order chi connectivity index (χ0) is 13.5. The predicted molar refractivity (Wildman–Crippen MR) is 80.6 cm³/mol. The van der Waals surface area contributed by atoms with Crippen molar-refractivity contribution < 1.29 is 4.74 Å². The van der Waals surface area contributed by atoms with E-state index in [1.54, 1.807) is 12.7 Å². The highest BCUT2D eigenvalue weighted by Crippen LogP contribution is 2.31. The molecular formula is C17H25NO. The minimum absolute atomic E-state index is 0.357. The molecule has 0 aromatic heterocycles. The van der Waals surface area contributed by atoms with Crippen LogP contribution in [-0.2, 0) is 0 Å². The molecule has 0 saturated carbocycles. The molecule has 1 aromatic rings. The summed E-state index contributed by atoms with van der Waals surface area (Å²) in [5, 5.41) is 3.68. The number of hydrogen-bond acceptors (Lipinski definition) is 2. The fourth-order valence-electron chi connectivity index (χ4n) is 2.70. The van der Waals surface area contributed by atoms with Crippen LogP contribution in [0.5, 0.6) is 5.75 Å². The Balaban J connectivity index is 2.22. The average molecular weight is 259 g/mol. The molecule has 1 unspecified atom stereocenters. The minimum atomic E-state index is 0.357. The quantitative estimate of drug-likeness (QED) is 0.772. The Morgan fingerprint density at radius 2 is 2.21 bits per heavy atom. The number of rotatable bonds is 6. The highest BCUT2D eigenvalue weighted by Gasteiger charge is 2.17. The largest absolute Gasteiger partial charge is 0.497 e. The topological polar surface area (TPSA) is 21.3 Å². The molecule has 0 fully saturated rings. The lowest BCUT2D eigenvalue weighted by molar-refractivity contribution is 0.413. The van der Waals surface area contributed by atoms with E-state index in [9.17, 15) is 0 Å². The van der Waals surface area contributed by atoms with Crippen LogP contribution in [0.15, 0.2) is 35.9 Å². The van der Waals surface area contributed by atoms with Crippen LogP contribution < -0.4 is 10.1 Å². The Kier molecular flexibility index (Phi) is 5.46. The van der Waals surface area contributed by atoms with Crippen molar-refractivity contribution in [3.63, 3.8) is 0 Å². The van der Waals surface area contributed by atoms with E-state index in [1.807, 2.05) is 6.07 Å². The minimum Gasteiger partial charge on any atom is -0.497 e. The molecule has 1 atom stereocenters. The van der Waals surface area contributed by atoms with Gasteiger partial charge in [0.25, 0.3) is 0 Å². The van der Waals surface area contributed by atoms with Crippen molar-refractivity contribution in [3.8, 4) is 5.75 Å². The molecule has 0 bridgehead atoms. The van der Waals surface area contributed by atoms with Gasteiger partial charge in [-0.2, -0.15) is 0 Å². The molecule has 2 heteroatoms. The van der Waals surface area contributed by atoms with Crippen molar-refractivity contribution in [1.82, 2.24) is 5.32 Å². The zero-order valence-electron chi connectivity index (χ0n) is 12.1. The van der Waals surface area contributed by atoms with Crippen molar-refractivity contribution in [1.29, 1.82) is 0 Å². The number of hydrogen-bond donors (Lipinski definition) is 1. The van der Waals surface area contributed by atoms with Crippen LogP contribution in [0.25, 0.3) is 0 Å². The van der Waals surface area contributed by atoms with E-state index in [-0.39, 0.29) is 0 Å². The maximum atomic E-state index is 5.35. The third kappa shape index (κ3) is 3.84. The first kappa shape index (κ1) is 14.1. The molecule has 0 heterocycles. The highest BCUT2D eigenvalue weighted by atomic mass is 16.5. The molecule has 0 radical (unpaired) electrons. The van der Waals surface area contributed by atoms with E-state index < -0.39 is 0 Å². The molecule has 0 amide bonds. The van der Waals surface area contributed by atoms with Gasteiger partial charge in [0.2, 0.25) is 0 Å². The molecule has 1 aromatic carbocycles. The second kappa shape index (κ2) is 7.34. The molecule has 1 aliphatic carbocycles. The van der Waals surface area contributed by atoms with E-state index in [1.165, 1.54) is 31.2 Å². The average Bonchev–Trinajstić information content (AvgIpc) is 2.49. The summed E-state index contributed by atoms with van der Waals surface area (Å²) in [6.45, 7) is 3.27. The SMILES string of the molecule is CCCNC(C1=CCCCC1)c1cccc(OC)c1. The fourth-order valence-corrected chi connectivity index (χ4v) is 2.70. The van der Waals surface area contributed by atoms with Crippen molar-refractivity contribution >= 4 is 0 Å². The number of ether oxygens (including phenoxy) is 1. The number of benzene rings is 1. The van der Waals surface area contributed by atoms with Gasteiger partial charge in [0.05, 0.1) is 13.2 Å². The normalized spacial score (nSPS) is 16.8. The van der Waals surface area contributed by atoms with Crippen LogP contribution in [0.2, 0.25) is 0 Å². The van der Waals surface area contributed by atoms with Crippen molar-refractivity contribution in [2.24, 2.45) is 0 Å². The molecule has 2 rings (SSSR count). The second-order valence-electron chi connectivity index (χ2n) is 5.19. The Morgan fingerprint density at radius 3 is 2.89 bits per heavy atom. The standard InChI is InChI=1S/C17H25NO/c1-3-12-18-17(14-8-5-4-6-9-14)15-10-7-11-16(13-15)19-2/h7-8,10-11,13,17-18H,3-6,9,12H2,1-2H3. The van der Waals surface area contributed by atoms with Gasteiger partial charge in [0, 0.05) is 0 Å². The Hall–Kier alpha value is -1.28. The van der Waals surface area contributed by atoms with E-state index >= 15 is 0 Å². The predicted octanol–water partition coefficient (Wildman–Crippen LogP) is 4.24. The lowest BCUT2D eigenvalue weighted by Gasteiger charge is -2.25. The second-order valence-corrected chi connectivity index (χ2v) is 5.19. The first-order valence-electron chi connectivity index (χ1n) is 7.41. The Morgan fingerprint density at radius 1 is 1.32 bits per heavy atom. The number of nitrogens with one attached hydrogen (secondary N) is 1. The van der Waals surface area contributed by atoms with Crippen molar-refractivity contribution in [2.75, 3.05) is 13.7 Å². The molecule has 1 N–H and O–H groups in total. The monoisotopic (exact) mass is 259 g/mol. The summed E-state index contributed by atoms with van der Waals surface area (Å²) in [6, 6.07) is 8.80. The van der Waals surface area contributed by atoms with Crippen LogP contribution in [0.3, 0.4) is 0 Å². The lowest BCUT2D eigenvalue weighted by atomic mass is 9.89. The third-order valence-electron chi connectivity index (χ3n) is 3.72. The third-order valence-corrected chi connectivity index (χ3v) is 3.72. The molecule has 0 aliphatic heterocycles. The Labute approximate surface area is 116 Å². The van der Waals surface area contributed by atoms with Crippen molar-refractivity contribution in [3.05, 3.63) is 41.5 Å². The summed E-state index contributed by atoms with van der Waals surface area (Å²) in [5.41, 5.74) is 2.87. The summed E-state index contributed by atoms with van der Waals surface area (Å²) < 4.78 is 5.35. The van der Waals surface area contributed by atoms with Crippen LogP contribution in [0.1, 0.15) is 50.6 Å². The van der Waals surface area contributed by atoms with Gasteiger partial charge in [-0.05, 0) is 56.3 Å². The zero-order valence-corrected chi connectivity index (χ0v) is 12.1. The maximum absolute atomic E-state index is 5.35. The molecule has 2 nitrogen and oxygen atoms in total. The molecule has 0 saturated heterocycles. The van der Waals surface area contributed by atoms with Crippen LogP contribution in [0, 0.1) is 0 Å². The van der Waals surface area contributed by atoms with E-state index in [0.717, 1.165) is 18.7 Å². The van der Waals surface area contributed by atoms with Gasteiger partial charge in [-0.15, -0.1) is 0 Å². The molecular weight excluding hydrogens is 234 g/mol. The van der Waals surface area contributed by atoms with Crippen LogP contribution in [0.4, 0.5) is 0 Å². The molecule has 104 valence electrons. The first-order chi connectivity index (χ1) is 9.35. The van der Waals surface area contributed by atoms with Gasteiger partial charge in [0.1, 0.15) is 5.75 Å². The summed E-state index contributed by atoms with van der Waals surface area (Å²) >= 11 is 0. The number of methoxy groups -OCH3 is 1. The fraction of sp³-hybridized carbons (Fsp3) is 0.529. The van der Waals surface area contributed by atoms with Gasteiger partial charge < -0.3 is 10.1 Å². The van der Waals surface area contributed by atoms with Gasteiger partial charge in [-0.25, -0.2) is 0 Å². The van der Waals surface area contributed by atoms with Gasteiger partial charge in [-0.1, -0.05) is 30.7 Å². The van der Waals surface area contributed by atoms with Crippen LogP contribution in [-0.4, -0.2) is 13.7 Å². The number of allylic oxidation sites excluding steroid dienone is 1. The smallest absolute Gasteiger partial charge is 0.119 e. The van der Waals surface area contributed by atoms with E-state index in [2.05, 4.69) is 36.5 Å². The summed E-state index contributed by atoms with van der Waals surface area (Å²) in [5.74, 6) is 0.942. The maximum Gasteiger partial charge on any atom is 0.119 e. The van der Waals surface area contributed by atoms with E-state index in [4.69, 9.17) is 4.74 Å².